The minimum atomic E-state index is 0.395. The van der Waals surface area contributed by atoms with Crippen LogP contribution in [0.3, 0.4) is 0 Å². The van der Waals surface area contributed by atoms with Crippen LogP contribution < -0.4 is 5.32 Å². The first kappa shape index (κ1) is 15.5. The van der Waals surface area contributed by atoms with E-state index in [0.29, 0.717) is 11.5 Å². The Labute approximate surface area is 123 Å². The highest BCUT2D eigenvalue weighted by atomic mass is 16.5. The summed E-state index contributed by atoms with van der Waals surface area (Å²) in [5.74, 6) is 0. The normalized spacial score (nSPS) is 16.2. The Bertz CT molecular complexity index is 434. The van der Waals surface area contributed by atoms with Crippen LogP contribution in [0.2, 0.25) is 0 Å². The highest BCUT2D eigenvalue weighted by Crippen LogP contribution is 2.30. The summed E-state index contributed by atoms with van der Waals surface area (Å²) in [6.07, 6.45) is 3.62. The van der Waals surface area contributed by atoms with E-state index in [1.54, 1.807) is 0 Å². The van der Waals surface area contributed by atoms with E-state index in [-0.39, 0.29) is 0 Å². The lowest BCUT2D eigenvalue weighted by Gasteiger charge is -2.25. The molecular weight excluding hydrogens is 246 g/mol. The van der Waals surface area contributed by atoms with E-state index < -0.39 is 0 Å². The number of fused-ring (bicyclic) bond motifs is 1. The molecule has 1 atom stereocenters. The van der Waals surface area contributed by atoms with Gasteiger partial charge in [-0.2, -0.15) is 0 Å². The summed E-state index contributed by atoms with van der Waals surface area (Å²) in [5, 5.41) is 3.71. The number of rotatable bonds is 6. The first-order valence-electron chi connectivity index (χ1n) is 7.92. The minimum Gasteiger partial charge on any atom is -0.372 e. The van der Waals surface area contributed by atoms with E-state index in [2.05, 4.69) is 51.2 Å². The number of ether oxygens (including phenoxy) is 1. The fourth-order valence-corrected chi connectivity index (χ4v) is 2.69. The van der Waals surface area contributed by atoms with Crippen LogP contribution >= 0.6 is 0 Å². The average Bonchev–Trinajstić information content (AvgIpc) is 2.85. The van der Waals surface area contributed by atoms with Crippen molar-refractivity contribution in [3.8, 4) is 0 Å². The van der Waals surface area contributed by atoms with E-state index in [1.165, 1.54) is 36.0 Å². The van der Waals surface area contributed by atoms with Gasteiger partial charge in [-0.3, -0.25) is 0 Å². The maximum absolute atomic E-state index is 5.52. The largest absolute Gasteiger partial charge is 0.372 e. The molecule has 1 aromatic carbocycles. The Morgan fingerprint density at radius 2 is 1.95 bits per heavy atom. The molecule has 0 fully saturated rings. The molecule has 0 aromatic heterocycles. The van der Waals surface area contributed by atoms with Gasteiger partial charge in [0.05, 0.1) is 13.2 Å². The van der Waals surface area contributed by atoms with Gasteiger partial charge < -0.3 is 10.1 Å². The topological polar surface area (TPSA) is 21.3 Å². The third-order valence-electron chi connectivity index (χ3n) is 3.97. The van der Waals surface area contributed by atoms with Crippen molar-refractivity contribution >= 4 is 0 Å². The predicted octanol–water partition coefficient (Wildman–Crippen LogP) is 4.58. The smallest absolute Gasteiger partial charge is 0.0725 e. The monoisotopic (exact) mass is 275 g/mol. The molecule has 0 saturated heterocycles. The minimum absolute atomic E-state index is 0.395. The second-order valence-electron chi connectivity index (χ2n) is 7.13. The molecule has 1 N–H and O–H groups in total. The maximum atomic E-state index is 5.52. The van der Waals surface area contributed by atoms with Crippen molar-refractivity contribution < 1.29 is 4.74 Å². The van der Waals surface area contributed by atoms with Crippen LogP contribution in [0.5, 0.6) is 0 Å². The zero-order chi connectivity index (χ0) is 14.6. The summed E-state index contributed by atoms with van der Waals surface area (Å²) < 4.78 is 5.52. The third-order valence-corrected chi connectivity index (χ3v) is 3.97. The summed E-state index contributed by atoms with van der Waals surface area (Å²) >= 11 is 0. The maximum Gasteiger partial charge on any atom is 0.0725 e. The van der Waals surface area contributed by atoms with Gasteiger partial charge in [-0.25, -0.2) is 0 Å². The molecule has 1 unspecified atom stereocenters. The molecule has 0 saturated carbocycles. The lowest BCUT2D eigenvalue weighted by Crippen LogP contribution is -2.23. The van der Waals surface area contributed by atoms with Crippen molar-refractivity contribution in [2.45, 2.75) is 66.2 Å². The third kappa shape index (κ3) is 4.32. The lowest BCUT2D eigenvalue weighted by molar-refractivity contribution is 0.134. The fourth-order valence-electron chi connectivity index (χ4n) is 2.69. The van der Waals surface area contributed by atoms with E-state index in [0.717, 1.165) is 19.8 Å². The summed E-state index contributed by atoms with van der Waals surface area (Å²) in [7, 11) is 0. The number of hydrogen-bond acceptors (Lipinski definition) is 2. The van der Waals surface area contributed by atoms with Gasteiger partial charge in [0.2, 0.25) is 0 Å². The quantitative estimate of drug-likeness (QED) is 0.820. The van der Waals surface area contributed by atoms with Crippen LogP contribution in [0.15, 0.2) is 18.2 Å². The van der Waals surface area contributed by atoms with E-state index in [4.69, 9.17) is 4.74 Å². The molecule has 0 bridgehead atoms. The zero-order valence-electron chi connectivity index (χ0n) is 13.5. The molecule has 20 heavy (non-hydrogen) atoms. The predicted molar refractivity (Wildman–Crippen MR) is 84.7 cm³/mol. The number of hydrogen-bond donors (Lipinski definition) is 1. The van der Waals surface area contributed by atoms with Crippen LogP contribution in [-0.2, 0) is 18.0 Å². The standard InChI is InChI=1S/C18H29NO/c1-5-10-19-17(8-9-18(2,3)4)14-6-7-15-12-20-13-16(15)11-14/h6-7,11,17,19H,5,8-10,12-13H2,1-4H3. The van der Waals surface area contributed by atoms with Gasteiger partial charge in [-0.15, -0.1) is 0 Å². The molecule has 0 radical (unpaired) electrons. The molecule has 1 aliphatic rings. The van der Waals surface area contributed by atoms with Crippen molar-refractivity contribution in [2.75, 3.05) is 6.54 Å². The van der Waals surface area contributed by atoms with Crippen LogP contribution in [0.25, 0.3) is 0 Å². The summed E-state index contributed by atoms with van der Waals surface area (Å²) in [6, 6.07) is 7.34. The number of benzene rings is 1. The van der Waals surface area contributed by atoms with Crippen LogP contribution in [0, 0.1) is 5.41 Å². The molecule has 112 valence electrons. The average molecular weight is 275 g/mol. The molecule has 1 aliphatic heterocycles. The summed E-state index contributed by atoms with van der Waals surface area (Å²) in [5.41, 5.74) is 4.55. The van der Waals surface area contributed by atoms with Crippen molar-refractivity contribution in [2.24, 2.45) is 5.41 Å². The van der Waals surface area contributed by atoms with Gasteiger partial charge in [-0.05, 0) is 47.9 Å². The van der Waals surface area contributed by atoms with Crippen LogP contribution in [0.1, 0.15) is 69.7 Å². The molecular formula is C18H29NO. The molecule has 2 nitrogen and oxygen atoms in total. The Morgan fingerprint density at radius 3 is 2.65 bits per heavy atom. The van der Waals surface area contributed by atoms with Crippen molar-refractivity contribution in [3.05, 3.63) is 34.9 Å². The lowest BCUT2D eigenvalue weighted by atomic mass is 9.86. The van der Waals surface area contributed by atoms with E-state index in [9.17, 15) is 0 Å². The Balaban J connectivity index is 2.09. The Kier molecular flexibility index (Phi) is 5.22. The van der Waals surface area contributed by atoms with Gasteiger partial charge in [0.1, 0.15) is 0 Å². The second kappa shape index (κ2) is 6.73. The van der Waals surface area contributed by atoms with Crippen molar-refractivity contribution in [1.82, 2.24) is 5.32 Å². The molecule has 2 heteroatoms. The summed E-state index contributed by atoms with van der Waals surface area (Å²) in [4.78, 5) is 0. The Hall–Kier alpha value is -0.860. The highest BCUT2D eigenvalue weighted by Gasteiger charge is 2.18. The number of nitrogens with one attached hydrogen (secondary N) is 1. The summed E-state index contributed by atoms with van der Waals surface area (Å²) in [6.45, 7) is 11.8. The highest BCUT2D eigenvalue weighted by molar-refractivity contribution is 5.34. The van der Waals surface area contributed by atoms with Gasteiger partial charge in [0.15, 0.2) is 0 Å². The van der Waals surface area contributed by atoms with Gasteiger partial charge in [-0.1, -0.05) is 45.9 Å². The van der Waals surface area contributed by atoms with E-state index >= 15 is 0 Å². The van der Waals surface area contributed by atoms with E-state index in [1.807, 2.05) is 0 Å². The van der Waals surface area contributed by atoms with Gasteiger partial charge in [0, 0.05) is 6.04 Å². The van der Waals surface area contributed by atoms with Crippen molar-refractivity contribution in [3.63, 3.8) is 0 Å². The van der Waals surface area contributed by atoms with Crippen molar-refractivity contribution in [1.29, 1.82) is 0 Å². The molecule has 0 amide bonds. The zero-order valence-corrected chi connectivity index (χ0v) is 13.5. The first-order chi connectivity index (χ1) is 9.49. The Morgan fingerprint density at radius 1 is 1.20 bits per heavy atom. The molecule has 0 spiro atoms. The molecule has 1 aromatic rings. The van der Waals surface area contributed by atoms with Crippen LogP contribution in [0.4, 0.5) is 0 Å². The van der Waals surface area contributed by atoms with Gasteiger partial charge >= 0.3 is 0 Å². The second-order valence-corrected chi connectivity index (χ2v) is 7.13. The van der Waals surface area contributed by atoms with Gasteiger partial charge in [0.25, 0.3) is 0 Å². The SMILES string of the molecule is CCCNC(CCC(C)(C)C)c1ccc2c(c1)COC2. The molecule has 1 heterocycles. The molecule has 0 aliphatic carbocycles. The fraction of sp³-hybridized carbons (Fsp3) is 0.667. The van der Waals surface area contributed by atoms with Crippen LogP contribution in [-0.4, -0.2) is 6.54 Å². The first-order valence-corrected chi connectivity index (χ1v) is 7.92. The molecule has 2 rings (SSSR count).